The van der Waals surface area contributed by atoms with Crippen molar-refractivity contribution in [2.75, 3.05) is 10.6 Å². The fourth-order valence-electron chi connectivity index (χ4n) is 1.74. The van der Waals surface area contributed by atoms with Crippen molar-refractivity contribution in [1.82, 2.24) is 9.55 Å². The van der Waals surface area contributed by atoms with Gasteiger partial charge in [-0.15, -0.1) is 0 Å². The van der Waals surface area contributed by atoms with Gasteiger partial charge in [0.15, 0.2) is 0 Å². The van der Waals surface area contributed by atoms with E-state index < -0.39 is 0 Å². The van der Waals surface area contributed by atoms with E-state index in [1.54, 1.807) is 6.33 Å². The van der Waals surface area contributed by atoms with Crippen molar-refractivity contribution >= 4 is 17.3 Å². The monoisotopic (exact) mass is 272 g/mol. The summed E-state index contributed by atoms with van der Waals surface area (Å²) in [5.74, 6) is -0.00478. The summed E-state index contributed by atoms with van der Waals surface area (Å²) in [5.41, 5.74) is 2.87. The van der Waals surface area contributed by atoms with Gasteiger partial charge in [0.05, 0.1) is 18.6 Å². The van der Waals surface area contributed by atoms with Crippen LogP contribution in [0.2, 0.25) is 0 Å². The maximum Gasteiger partial charge on any atom is 0.226 e. The Morgan fingerprint density at radius 2 is 2.10 bits per heavy atom. The second-order valence-electron chi connectivity index (χ2n) is 5.07. The minimum Gasteiger partial charge on any atom is -0.379 e. The number of amides is 1. The minimum atomic E-state index is -0.0268. The molecule has 0 spiro atoms. The third-order valence-electron chi connectivity index (χ3n) is 3.04. The number of carbonyl (C=O) groups excluding carboxylic acids is 1. The number of imidazole rings is 1. The van der Waals surface area contributed by atoms with Gasteiger partial charge in [0.2, 0.25) is 5.91 Å². The number of nitrogens with one attached hydrogen (secondary N) is 2. The lowest BCUT2D eigenvalue weighted by Crippen LogP contribution is -2.17. The van der Waals surface area contributed by atoms with E-state index in [2.05, 4.69) is 15.6 Å². The first-order valence-corrected chi connectivity index (χ1v) is 6.66. The van der Waals surface area contributed by atoms with Crippen LogP contribution in [0.15, 0.2) is 36.8 Å². The van der Waals surface area contributed by atoms with Crippen molar-refractivity contribution in [3.05, 3.63) is 42.5 Å². The highest BCUT2D eigenvalue weighted by molar-refractivity contribution is 5.92. The van der Waals surface area contributed by atoms with Crippen LogP contribution in [0.25, 0.3) is 0 Å². The molecule has 0 radical (unpaired) electrons. The van der Waals surface area contributed by atoms with E-state index in [4.69, 9.17) is 0 Å². The SMILES string of the molecule is CC(C)C(=O)Nc1cccc(NCc2cncn2C)c1. The molecule has 1 aromatic carbocycles. The van der Waals surface area contributed by atoms with Crippen LogP contribution in [0.1, 0.15) is 19.5 Å². The topological polar surface area (TPSA) is 59.0 Å². The molecular formula is C15H20N4O. The molecule has 5 heteroatoms. The van der Waals surface area contributed by atoms with Crippen molar-refractivity contribution in [3.8, 4) is 0 Å². The molecular weight excluding hydrogens is 252 g/mol. The third-order valence-corrected chi connectivity index (χ3v) is 3.04. The molecule has 5 nitrogen and oxygen atoms in total. The van der Waals surface area contributed by atoms with Crippen molar-refractivity contribution < 1.29 is 4.79 Å². The first kappa shape index (κ1) is 14.1. The zero-order valence-corrected chi connectivity index (χ0v) is 12.1. The molecule has 0 saturated carbocycles. The maximum absolute atomic E-state index is 11.7. The summed E-state index contributed by atoms with van der Waals surface area (Å²) in [5, 5.41) is 6.21. The lowest BCUT2D eigenvalue weighted by molar-refractivity contribution is -0.118. The summed E-state index contributed by atoms with van der Waals surface area (Å²) < 4.78 is 1.97. The normalized spacial score (nSPS) is 10.6. The van der Waals surface area contributed by atoms with Crippen molar-refractivity contribution in [1.29, 1.82) is 0 Å². The van der Waals surface area contributed by atoms with Crippen LogP contribution in [0.5, 0.6) is 0 Å². The minimum absolute atomic E-state index is 0.0220. The Labute approximate surface area is 119 Å². The Hall–Kier alpha value is -2.30. The van der Waals surface area contributed by atoms with Crippen LogP contribution in [-0.2, 0) is 18.4 Å². The molecule has 0 saturated heterocycles. The summed E-state index contributed by atoms with van der Waals surface area (Å²) in [7, 11) is 1.96. The quantitative estimate of drug-likeness (QED) is 0.879. The molecule has 2 aromatic rings. The van der Waals surface area contributed by atoms with Gasteiger partial charge in [-0.3, -0.25) is 4.79 Å². The van der Waals surface area contributed by atoms with Gasteiger partial charge >= 0.3 is 0 Å². The molecule has 0 unspecified atom stereocenters. The first-order chi connectivity index (χ1) is 9.56. The Morgan fingerprint density at radius 1 is 1.35 bits per heavy atom. The predicted octanol–water partition coefficient (Wildman–Crippen LogP) is 2.63. The molecule has 20 heavy (non-hydrogen) atoms. The van der Waals surface area contributed by atoms with Crippen LogP contribution >= 0.6 is 0 Å². The van der Waals surface area contributed by atoms with Crippen molar-refractivity contribution in [2.45, 2.75) is 20.4 Å². The highest BCUT2D eigenvalue weighted by Crippen LogP contribution is 2.16. The molecule has 2 N–H and O–H groups in total. The number of rotatable bonds is 5. The lowest BCUT2D eigenvalue weighted by atomic mass is 10.2. The average molecular weight is 272 g/mol. The van der Waals surface area contributed by atoms with Gasteiger partial charge in [0, 0.05) is 30.5 Å². The van der Waals surface area contributed by atoms with Crippen LogP contribution < -0.4 is 10.6 Å². The fraction of sp³-hybridized carbons (Fsp3) is 0.333. The van der Waals surface area contributed by atoms with E-state index in [9.17, 15) is 4.79 Å². The summed E-state index contributed by atoms with van der Waals surface area (Å²) >= 11 is 0. The summed E-state index contributed by atoms with van der Waals surface area (Å²) in [6.07, 6.45) is 3.60. The number of aryl methyl sites for hydroxylation is 1. The zero-order valence-electron chi connectivity index (χ0n) is 12.1. The predicted molar refractivity (Wildman–Crippen MR) is 80.4 cm³/mol. The van der Waals surface area contributed by atoms with Gasteiger partial charge in [-0.05, 0) is 18.2 Å². The summed E-state index contributed by atoms with van der Waals surface area (Å²) in [6, 6.07) is 7.70. The van der Waals surface area contributed by atoms with Gasteiger partial charge in [0.25, 0.3) is 0 Å². The molecule has 106 valence electrons. The standard InChI is InChI=1S/C15H20N4O/c1-11(2)15(20)18-13-6-4-5-12(7-13)17-9-14-8-16-10-19(14)3/h4-8,10-11,17H,9H2,1-3H3,(H,18,20). The molecule has 1 aromatic heterocycles. The number of hydrogen-bond donors (Lipinski definition) is 2. The number of nitrogens with zero attached hydrogens (tertiary/aromatic N) is 2. The molecule has 1 heterocycles. The number of anilines is 2. The van der Waals surface area contributed by atoms with E-state index in [-0.39, 0.29) is 11.8 Å². The van der Waals surface area contributed by atoms with Crippen LogP contribution in [0.4, 0.5) is 11.4 Å². The number of benzene rings is 1. The summed E-state index contributed by atoms with van der Waals surface area (Å²) in [4.78, 5) is 15.7. The van der Waals surface area contributed by atoms with Gasteiger partial charge in [-0.1, -0.05) is 19.9 Å². The van der Waals surface area contributed by atoms with Gasteiger partial charge < -0.3 is 15.2 Å². The van der Waals surface area contributed by atoms with Crippen LogP contribution in [0, 0.1) is 5.92 Å². The maximum atomic E-state index is 11.7. The smallest absolute Gasteiger partial charge is 0.226 e. The molecule has 0 atom stereocenters. The Kier molecular flexibility index (Phi) is 4.40. The Balaban J connectivity index is 1.99. The fourth-order valence-corrected chi connectivity index (χ4v) is 1.74. The highest BCUT2D eigenvalue weighted by Gasteiger charge is 2.07. The molecule has 0 aliphatic rings. The van der Waals surface area contributed by atoms with Gasteiger partial charge in [0.1, 0.15) is 0 Å². The zero-order chi connectivity index (χ0) is 14.5. The van der Waals surface area contributed by atoms with Crippen LogP contribution in [-0.4, -0.2) is 15.5 Å². The third kappa shape index (κ3) is 3.60. The molecule has 0 fully saturated rings. The molecule has 1 amide bonds. The second-order valence-corrected chi connectivity index (χ2v) is 5.07. The Bertz CT molecular complexity index is 589. The number of aromatic nitrogens is 2. The highest BCUT2D eigenvalue weighted by atomic mass is 16.1. The first-order valence-electron chi connectivity index (χ1n) is 6.66. The summed E-state index contributed by atoms with van der Waals surface area (Å²) in [6.45, 7) is 4.44. The lowest BCUT2D eigenvalue weighted by Gasteiger charge is -2.11. The van der Waals surface area contributed by atoms with Crippen molar-refractivity contribution in [3.63, 3.8) is 0 Å². The molecule has 0 aliphatic carbocycles. The molecule has 0 bridgehead atoms. The van der Waals surface area contributed by atoms with Crippen LogP contribution in [0.3, 0.4) is 0 Å². The Morgan fingerprint density at radius 3 is 2.75 bits per heavy atom. The van der Waals surface area contributed by atoms with E-state index in [0.717, 1.165) is 17.1 Å². The molecule has 2 rings (SSSR count). The van der Waals surface area contributed by atoms with E-state index in [0.29, 0.717) is 6.54 Å². The van der Waals surface area contributed by atoms with E-state index in [1.807, 2.05) is 55.9 Å². The van der Waals surface area contributed by atoms with Gasteiger partial charge in [-0.2, -0.15) is 0 Å². The average Bonchev–Trinajstić information content (AvgIpc) is 2.82. The van der Waals surface area contributed by atoms with E-state index >= 15 is 0 Å². The number of hydrogen-bond acceptors (Lipinski definition) is 3. The van der Waals surface area contributed by atoms with E-state index in [1.165, 1.54) is 0 Å². The van der Waals surface area contributed by atoms with Gasteiger partial charge in [-0.25, -0.2) is 4.98 Å². The largest absolute Gasteiger partial charge is 0.379 e. The van der Waals surface area contributed by atoms with Crippen molar-refractivity contribution in [2.24, 2.45) is 13.0 Å². The number of carbonyl (C=O) groups is 1. The second kappa shape index (κ2) is 6.23. The molecule has 0 aliphatic heterocycles.